The molecular weight excluding hydrogens is 318 g/mol. The fourth-order valence-corrected chi connectivity index (χ4v) is 2.86. The van der Waals surface area contributed by atoms with Gasteiger partial charge in [0.25, 0.3) is 0 Å². The number of amides is 2. The van der Waals surface area contributed by atoms with Crippen LogP contribution in [0.2, 0.25) is 0 Å². The second-order valence-electron chi connectivity index (χ2n) is 6.79. The number of urea groups is 1. The van der Waals surface area contributed by atoms with Crippen molar-refractivity contribution in [3.63, 3.8) is 0 Å². The maximum atomic E-state index is 12.4. The van der Waals surface area contributed by atoms with Gasteiger partial charge >= 0.3 is 6.03 Å². The minimum atomic E-state index is -0.781. The molecule has 1 saturated heterocycles. The van der Waals surface area contributed by atoms with E-state index in [4.69, 9.17) is 4.74 Å². The van der Waals surface area contributed by atoms with Crippen LogP contribution < -0.4 is 10.1 Å². The molecule has 25 heavy (non-hydrogen) atoms. The van der Waals surface area contributed by atoms with E-state index in [2.05, 4.69) is 10.3 Å². The number of pyridine rings is 1. The second kappa shape index (κ2) is 7.11. The van der Waals surface area contributed by atoms with Crippen molar-refractivity contribution >= 4 is 11.8 Å². The summed E-state index contributed by atoms with van der Waals surface area (Å²) < 4.78 is 5.68. The standard InChI is InChI=1S/C19H23N3O3/c1-19(2,24)14-11-12-22(13-14)18(23)21-16-9-6-10-17(20-16)25-15-7-4-3-5-8-15/h3-10,14,24H,11-13H2,1-2H3,(H,20,21,23). The number of anilines is 1. The zero-order chi connectivity index (χ0) is 17.9. The van der Waals surface area contributed by atoms with Crippen LogP contribution in [0.15, 0.2) is 48.5 Å². The third kappa shape index (κ3) is 4.48. The van der Waals surface area contributed by atoms with Crippen molar-refractivity contribution in [2.24, 2.45) is 5.92 Å². The van der Waals surface area contributed by atoms with E-state index in [1.165, 1.54) is 0 Å². The van der Waals surface area contributed by atoms with Crippen molar-refractivity contribution in [2.45, 2.75) is 25.9 Å². The number of carbonyl (C=O) groups is 1. The van der Waals surface area contributed by atoms with Crippen molar-refractivity contribution in [1.29, 1.82) is 0 Å². The summed E-state index contributed by atoms with van der Waals surface area (Å²) in [6.07, 6.45) is 0.793. The van der Waals surface area contributed by atoms with Crippen molar-refractivity contribution in [3.05, 3.63) is 48.5 Å². The highest BCUT2D eigenvalue weighted by atomic mass is 16.5. The van der Waals surface area contributed by atoms with Crippen LogP contribution in [0.25, 0.3) is 0 Å². The summed E-state index contributed by atoms with van der Waals surface area (Å²) in [4.78, 5) is 18.4. The van der Waals surface area contributed by atoms with E-state index in [0.29, 0.717) is 30.5 Å². The lowest BCUT2D eigenvalue weighted by atomic mass is 9.91. The average Bonchev–Trinajstić information content (AvgIpc) is 3.06. The van der Waals surface area contributed by atoms with Crippen LogP contribution in [-0.2, 0) is 0 Å². The predicted molar refractivity (Wildman–Crippen MR) is 95.7 cm³/mol. The van der Waals surface area contributed by atoms with Gasteiger partial charge in [0.2, 0.25) is 5.88 Å². The zero-order valence-electron chi connectivity index (χ0n) is 14.5. The SMILES string of the molecule is CC(C)(O)C1CCN(C(=O)Nc2cccc(Oc3ccccc3)n2)C1. The lowest BCUT2D eigenvalue weighted by Crippen LogP contribution is -2.37. The normalized spacial score (nSPS) is 17.4. The first-order valence-electron chi connectivity index (χ1n) is 8.40. The average molecular weight is 341 g/mol. The molecule has 0 bridgehead atoms. The Hall–Kier alpha value is -2.60. The van der Waals surface area contributed by atoms with Crippen LogP contribution in [0.3, 0.4) is 0 Å². The third-order valence-corrected chi connectivity index (χ3v) is 4.40. The van der Waals surface area contributed by atoms with Gasteiger partial charge in [-0.3, -0.25) is 5.32 Å². The monoisotopic (exact) mass is 341 g/mol. The molecule has 3 rings (SSSR count). The highest BCUT2D eigenvalue weighted by Gasteiger charge is 2.35. The van der Waals surface area contributed by atoms with Gasteiger partial charge in [-0.05, 0) is 38.5 Å². The maximum absolute atomic E-state index is 12.4. The van der Waals surface area contributed by atoms with E-state index in [0.717, 1.165) is 6.42 Å². The van der Waals surface area contributed by atoms with Gasteiger partial charge in [0.05, 0.1) is 5.60 Å². The number of hydrogen-bond acceptors (Lipinski definition) is 4. The van der Waals surface area contributed by atoms with Crippen LogP contribution >= 0.6 is 0 Å². The van der Waals surface area contributed by atoms with Crippen LogP contribution in [0, 0.1) is 5.92 Å². The topological polar surface area (TPSA) is 74.7 Å². The van der Waals surface area contributed by atoms with Gasteiger partial charge in [-0.1, -0.05) is 24.3 Å². The highest BCUT2D eigenvalue weighted by molar-refractivity contribution is 5.88. The predicted octanol–water partition coefficient (Wildman–Crippen LogP) is 3.50. The number of hydrogen-bond donors (Lipinski definition) is 2. The number of aliphatic hydroxyl groups is 1. The van der Waals surface area contributed by atoms with E-state index in [9.17, 15) is 9.90 Å². The van der Waals surface area contributed by atoms with Gasteiger partial charge in [0, 0.05) is 25.1 Å². The van der Waals surface area contributed by atoms with E-state index in [-0.39, 0.29) is 11.9 Å². The summed E-state index contributed by atoms with van der Waals surface area (Å²) in [5.41, 5.74) is -0.781. The van der Waals surface area contributed by atoms with Crippen molar-refractivity contribution in [1.82, 2.24) is 9.88 Å². The molecule has 1 unspecified atom stereocenters. The summed E-state index contributed by atoms with van der Waals surface area (Å²) in [6, 6.07) is 14.4. The Morgan fingerprint density at radius 2 is 2.00 bits per heavy atom. The van der Waals surface area contributed by atoms with Crippen molar-refractivity contribution in [3.8, 4) is 11.6 Å². The largest absolute Gasteiger partial charge is 0.439 e. The Balaban J connectivity index is 1.61. The molecule has 2 heterocycles. The molecule has 2 N–H and O–H groups in total. The summed E-state index contributed by atoms with van der Waals surface area (Å²) in [5.74, 6) is 1.62. The number of nitrogens with one attached hydrogen (secondary N) is 1. The van der Waals surface area contributed by atoms with E-state index in [1.54, 1.807) is 36.9 Å². The Bertz CT molecular complexity index is 728. The van der Waals surface area contributed by atoms with Gasteiger partial charge < -0.3 is 14.7 Å². The molecule has 6 heteroatoms. The molecule has 1 aromatic carbocycles. The van der Waals surface area contributed by atoms with Crippen LogP contribution in [0.4, 0.5) is 10.6 Å². The number of para-hydroxylation sites is 1. The molecule has 1 aromatic heterocycles. The minimum Gasteiger partial charge on any atom is -0.439 e. The first kappa shape index (κ1) is 17.2. The number of aromatic nitrogens is 1. The molecule has 0 aliphatic carbocycles. The molecule has 0 saturated carbocycles. The first-order chi connectivity index (χ1) is 11.9. The molecule has 0 spiro atoms. The fraction of sp³-hybridized carbons (Fsp3) is 0.368. The highest BCUT2D eigenvalue weighted by Crippen LogP contribution is 2.27. The molecule has 2 amide bonds. The summed E-state index contributed by atoms with van der Waals surface area (Å²) >= 11 is 0. The van der Waals surface area contributed by atoms with E-state index >= 15 is 0 Å². The quantitative estimate of drug-likeness (QED) is 0.892. The number of likely N-dealkylation sites (tertiary alicyclic amines) is 1. The van der Waals surface area contributed by atoms with Gasteiger partial charge in [0.1, 0.15) is 11.6 Å². The number of ether oxygens (including phenoxy) is 1. The smallest absolute Gasteiger partial charge is 0.323 e. The van der Waals surface area contributed by atoms with Gasteiger partial charge in [0.15, 0.2) is 0 Å². The maximum Gasteiger partial charge on any atom is 0.323 e. The molecule has 132 valence electrons. The summed E-state index contributed by atoms with van der Waals surface area (Å²) in [7, 11) is 0. The second-order valence-corrected chi connectivity index (χ2v) is 6.79. The van der Waals surface area contributed by atoms with Crippen LogP contribution in [0.5, 0.6) is 11.6 Å². The molecule has 1 aliphatic heterocycles. The van der Waals surface area contributed by atoms with Crippen molar-refractivity contribution < 1.29 is 14.6 Å². The third-order valence-electron chi connectivity index (χ3n) is 4.40. The molecule has 0 radical (unpaired) electrons. The molecule has 1 fully saturated rings. The van der Waals surface area contributed by atoms with Crippen LogP contribution in [0.1, 0.15) is 20.3 Å². The van der Waals surface area contributed by atoms with Gasteiger partial charge in [-0.15, -0.1) is 0 Å². The fourth-order valence-electron chi connectivity index (χ4n) is 2.86. The van der Waals surface area contributed by atoms with E-state index < -0.39 is 5.60 Å². The first-order valence-corrected chi connectivity index (χ1v) is 8.40. The Morgan fingerprint density at radius 1 is 1.24 bits per heavy atom. The number of benzene rings is 1. The summed E-state index contributed by atoms with van der Waals surface area (Å²) in [6.45, 7) is 4.73. The molecular formula is C19H23N3O3. The van der Waals surface area contributed by atoms with Crippen molar-refractivity contribution in [2.75, 3.05) is 18.4 Å². The Kier molecular flexibility index (Phi) is 4.90. The number of carbonyl (C=O) groups excluding carboxylic acids is 1. The molecule has 1 atom stereocenters. The zero-order valence-corrected chi connectivity index (χ0v) is 14.5. The lowest BCUT2D eigenvalue weighted by molar-refractivity contribution is 0.0227. The number of nitrogens with zero attached hydrogens (tertiary/aromatic N) is 2. The van der Waals surface area contributed by atoms with E-state index in [1.807, 2.05) is 30.3 Å². The molecule has 1 aliphatic rings. The van der Waals surface area contributed by atoms with Gasteiger partial charge in [-0.25, -0.2) is 4.79 Å². The van der Waals surface area contributed by atoms with Gasteiger partial charge in [-0.2, -0.15) is 4.98 Å². The molecule has 6 nitrogen and oxygen atoms in total. The number of rotatable bonds is 4. The minimum absolute atomic E-state index is 0.0824. The lowest BCUT2D eigenvalue weighted by Gasteiger charge is -2.25. The van der Waals surface area contributed by atoms with Crippen LogP contribution in [-0.4, -0.2) is 39.7 Å². The Morgan fingerprint density at radius 3 is 2.68 bits per heavy atom. The summed E-state index contributed by atoms with van der Waals surface area (Å²) in [5, 5.41) is 12.9. The Labute approximate surface area is 147 Å². The molecule has 2 aromatic rings.